The molecule has 0 bridgehead atoms. The van der Waals surface area contributed by atoms with Crippen LogP contribution in [0.15, 0.2) is 32.1 Å². The van der Waals surface area contributed by atoms with Crippen molar-refractivity contribution in [3.63, 3.8) is 0 Å². The lowest BCUT2D eigenvalue weighted by atomic mass is 10.0. The summed E-state index contributed by atoms with van der Waals surface area (Å²) < 4.78 is 2.11. The number of hydrogen-bond acceptors (Lipinski definition) is 3. The van der Waals surface area contributed by atoms with Crippen molar-refractivity contribution < 1.29 is 0 Å². The lowest BCUT2D eigenvalue weighted by Gasteiger charge is -2.15. The third-order valence-electron chi connectivity index (χ3n) is 2.83. The van der Waals surface area contributed by atoms with Gasteiger partial charge < -0.3 is 5.32 Å². The van der Waals surface area contributed by atoms with Gasteiger partial charge in [-0.1, -0.05) is 34.6 Å². The predicted molar refractivity (Wildman–Crippen MR) is 84.1 cm³/mol. The first-order chi connectivity index (χ1) is 8.02. The molecule has 0 saturated heterocycles. The Bertz CT molecular complexity index is 462. The van der Waals surface area contributed by atoms with Crippen LogP contribution < -0.4 is 5.32 Å². The number of benzene rings is 1. The first-order valence-electron chi connectivity index (χ1n) is 5.47. The van der Waals surface area contributed by atoms with E-state index in [9.17, 15) is 0 Å². The van der Waals surface area contributed by atoms with Gasteiger partial charge >= 0.3 is 0 Å². The summed E-state index contributed by atoms with van der Waals surface area (Å²) in [5.41, 5.74) is 1.15. The zero-order chi connectivity index (χ0) is 12.5. The molecule has 92 valence electrons. The lowest BCUT2D eigenvalue weighted by molar-refractivity contribution is 0.523. The Morgan fingerprint density at radius 2 is 2.24 bits per heavy atom. The van der Waals surface area contributed by atoms with Crippen LogP contribution in [0.4, 0.5) is 5.69 Å². The molecule has 0 aromatic heterocycles. The van der Waals surface area contributed by atoms with Gasteiger partial charge in [0.05, 0.1) is 11.2 Å². The smallest absolute Gasteiger partial charge is 0.161 e. The molecule has 1 aromatic rings. The van der Waals surface area contributed by atoms with E-state index in [4.69, 9.17) is 4.99 Å². The Labute approximate surface area is 123 Å². The minimum Gasteiger partial charge on any atom is -0.334 e. The van der Waals surface area contributed by atoms with E-state index >= 15 is 0 Å². The summed E-state index contributed by atoms with van der Waals surface area (Å²) in [6, 6.07) is 6.09. The van der Waals surface area contributed by atoms with E-state index in [1.807, 2.05) is 18.2 Å². The predicted octanol–water partition coefficient (Wildman–Crippen LogP) is 4.90. The summed E-state index contributed by atoms with van der Waals surface area (Å²) in [4.78, 5) is 4.73. The van der Waals surface area contributed by atoms with E-state index in [0.29, 0.717) is 0 Å². The van der Waals surface area contributed by atoms with Gasteiger partial charge in [-0.15, -0.1) is 0 Å². The Morgan fingerprint density at radius 1 is 1.47 bits per heavy atom. The molecule has 0 amide bonds. The van der Waals surface area contributed by atoms with Crippen molar-refractivity contribution in [2.24, 2.45) is 4.99 Å². The molecule has 17 heavy (non-hydrogen) atoms. The summed E-state index contributed by atoms with van der Waals surface area (Å²) in [5.74, 6) is 1.06. The zero-order valence-corrected chi connectivity index (χ0v) is 13.7. The highest BCUT2D eigenvalue weighted by atomic mass is 79.9. The molecule has 1 aliphatic rings. The van der Waals surface area contributed by atoms with Crippen LogP contribution in [0.25, 0.3) is 0 Å². The SMILES string of the molecule is CCC1(C)CSC(Nc2ccc(Br)cc2Br)=N1. The molecular formula is C12H14Br2N2S. The van der Waals surface area contributed by atoms with Crippen molar-refractivity contribution in [2.45, 2.75) is 25.8 Å². The van der Waals surface area contributed by atoms with E-state index in [1.165, 1.54) is 0 Å². The van der Waals surface area contributed by atoms with Gasteiger partial charge in [0.1, 0.15) is 0 Å². The molecule has 1 heterocycles. The molecule has 0 aliphatic carbocycles. The molecule has 2 nitrogen and oxygen atoms in total. The van der Waals surface area contributed by atoms with E-state index in [0.717, 1.165) is 32.0 Å². The Kier molecular flexibility index (Phi) is 4.21. The number of anilines is 1. The largest absolute Gasteiger partial charge is 0.334 e. The van der Waals surface area contributed by atoms with Crippen molar-refractivity contribution in [3.05, 3.63) is 27.1 Å². The Hall–Kier alpha value is -0.0000000000000000555. The molecule has 2 rings (SSSR count). The third-order valence-corrected chi connectivity index (χ3v) is 5.21. The normalized spacial score (nSPS) is 23.6. The molecule has 1 unspecified atom stereocenters. The Morgan fingerprint density at radius 3 is 2.82 bits per heavy atom. The maximum Gasteiger partial charge on any atom is 0.161 e. The molecule has 5 heteroatoms. The third kappa shape index (κ3) is 3.26. The molecule has 1 aliphatic heterocycles. The number of rotatable bonds is 2. The first kappa shape index (κ1) is 13.4. The number of halogens is 2. The standard InChI is InChI=1S/C12H14Br2N2S/c1-3-12(2)7-17-11(16-12)15-10-5-4-8(13)6-9(10)14/h4-6H,3,7H2,1-2H3,(H,15,16). The highest BCUT2D eigenvalue weighted by Gasteiger charge is 2.28. The monoisotopic (exact) mass is 376 g/mol. The molecule has 1 N–H and O–H groups in total. The van der Waals surface area contributed by atoms with Crippen molar-refractivity contribution in [3.8, 4) is 0 Å². The second kappa shape index (κ2) is 5.33. The van der Waals surface area contributed by atoms with Crippen LogP contribution in [0, 0.1) is 0 Å². The number of amidine groups is 1. The molecule has 1 aromatic carbocycles. The summed E-state index contributed by atoms with van der Waals surface area (Å²) in [5, 5.41) is 4.38. The van der Waals surface area contributed by atoms with Crippen LogP contribution in [0.5, 0.6) is 0 Å². The quantitative estimate of drug-likeness (QED) is 0.792. The van der Waals surface area contributed by atoms with Crippen LogP contribution >= 0.6 is 43.6 Å². The highest BCUT2D eigenvalue weighted by molar-refractivity contribution is 9.11. The van der Waals surface area contributed by atoms with Gasteiger partial charge in [-0.3, -0.25) is 4.99 Å². The molecular weight excluding hydrogens is 364 g/mol. The number of nitrogens with zero attached hydrogens (tertiary/aromatic N) is 1. The van der Waals surface area contributed by atoms with Gasteiger partial charge in [0, 0.05) is 14.7 Å². The second-order valence-electron chi connectivity index (χ2n) is 4.31. The molecule has 0 fully saturated rings. The summed E-state index contributed by atoms with van der Waals surface area (Å²) in [6.45, 7) is 4.38. The lowest BCUT2D eigenvalue weighted by Crippen LogP contribution is -2.20. The maximum absolute atomic E-state index is 4.73. The van der Waals surface area contributed by atoms with Gasteiger partial charge in [-0.2, -0.15) is 0 Å². The topological polar surface area (TPSA) is 24.4 Å². The number of aliphatic imine (C=N–C) groups is 1. The molecule has 1 atom stereocenters. The number of nitrogens with one attached hydrogen (secondary N) is 1. The van der Waals surface area contributed by atoms with Crippen LogP contribution in [0.1, 0.15) is 20.3 Å². The van der Waals surface area contributed by atoms with Crippen molar-refractivity contribution >= 4 is 54.5 Å². The molecule has 0 spiro atoms. The van der Waals surface area contributed by atoms with Gasteiger partial charge in [-0.05, 0) is 47.5 Å². The minimum absolute atomic E-state index is 0.0921. The summed E-state index contributed by atoms with van der Waals surface area (Å²) in [6.07, 6.45) is 1.08. The average Bonchev–Trinajstić information content (AvgIpc) is 2.66. The first-order valence-corrected chi connectivity index (χ1v) is 8.04. The fourth-order valence-corrected chi connectivity index (χ4v) is 3.81. The fourth-order valence-electron chi connectivity index (χ4n) is 1.48. The van der Waals surface area contributed by atoms with Gasteiger partial charge in [0.2, 0.25) is 0 Å². The Balaban J connectivity index is 2.15. The van der Waals surface area contributed by atoms with Gasteiger partial charge in [-0.25, -0.2) is 0 Å². The van der Waals surface area contributed by atoms with Crippen LogP contribution in [0.2, 0.25) is 0 Å². The fraction of sp³-hybridized carbons (Fsp3) is 0.417. The highest BCUT2D eigenvalue weighted by Crippen LogP contribution is 2.33. The van der Waals surface area contributed by atoms with Crippen molar-refractivity contribution in [1.29, 1.82) is 0 Å². The van der Waals surface area contributed by atoms with Crippen LogP contribution in [-0.4, -0.2) is 16.5 Å². The van der Waals surface area contributed by atoms with Crippen molar-refractivity contribution in [2.75, 3.05) is 11.1 Å². The number of hydrogen-bond donors (Lipinski definition) is 1. The van der Waals surface area contributed by atoms with E-state index in [2.05, 4.69) is 51.0 Å². The summed E-state index contributed by atoms with van der Waals surface area (Å²) in [7, 11) is 0. The van der Waals surface area contributed by atoms with Crippen LogP contribution in [-0.2, 0) is 0 Å². The summed E-state index contributed by atoms with van der Waals surface area (Å²) >= 11 is 8.78. The zero-order valence-electron chi connectivity index (χ0n) is 9.76. The molecule has 0 radical (unpaired) electrons. The van der Waals surface area contributed by atoms with Gasteiger partial charge in [0.15, 0.2) is 5.17 Å². The second-order valence-corrected chi connectivity index (χ2v) is 7.04. The van der Waals surface area contributed by atoms with E-state index in [1.54, 1.807) is 11.8 Å². The van der Waals surface area contributed by atoms with E-state index in [-0.39, 0.29) is 5.54 Å². The van der Waals surface area contributed by atoms with Gasteiger partial charge in [0.25, 0.3) is 0 Å². The molecule has 0 saturated carbocycles. The average molecular weight is 378 g/mol. The maximum atomic E-state index is 4.73. The minimum atomic E-state index is 0.0921. The van der Waals surface area contributed by atoms with Crippen LogP contribution in [0.3, 0.4) is 0 Å². The van der Waals surface area contributed by atoms with E-state index < -0.39 is 0 Å². The number of thioether (sulfide) groups is 1. The van der Waals surface area contributed by atoms with Crippen molar-refractivity contribution in [1.82, 2.24) is 0 Å².